The van der Waals surface area contributed by atoms with Crippen molar-refractivity contribution < 1.29 is 14.6 Å². The average molecular weight is 441 g/mol. The summed E-state index contributed by atoms with van der Waals surface area (Å²) in [5.74, 6) is 1.28. The van der Waals surface area contributed by atoms with Crippen LogP contribution >= 0.6 is 0 Å². The summed E-state index contributed by atoms with van der Waals surface area (Å²) in [7, 11) is -1.78. The summed E-state index contributed by atoms with van der Waals surface area (Å²) < 4.78 is 7.03. The molecule has 0 amide bonds. The molecule has 0 aromatic rings. The van der Waals surface area contributed by atoms with Gasteiger partial charge in [-0.3, -0.25) is 0 Å². The predicted molar refractivity (Wildman–Crippen MR) is 130 cm³/mol. The lowest BCUT2D eigenvalue weighted by atomic mass is 9.56. The third kappa shape index (κ3) is 5.71. The van der Waals surface area contributed by atoms with Crippen LogP contribution in [0.2, 0.25) is 18.1 Å². The molecule has 2 fully saturated rings. The zero-order valence-electron chi connectivity index (χ0n) is 21.6. The molecule has 4 heteroatoms. The average Bonchev–Trinajstić information content (AvgIpc) is 2.91. The SMILES string of the molecule is CC(C)(O)CCC[C@](C)(CCO)[C@H]1CCC2[C@@H](O[Si](C)(C)C(C)(C)C)CCC[C@@]21C. The van der Waals surface area contributed by atoms with Crippen LogP contribution in [0.3, 0.4) is 0 Å². The van der Waals surface area contributed by atoms with Crippen molar-refractivity contribution in [3.63, 3.8) is 0 Å². The van der Waals surface area contributed by atoms with Crippen molar-refractivity contribution in [2.75, 3.05) is 6.61 Å². The lowest BCUT2D eigenvalue weighted by Crippen LogP contribution is -2.51. The van der Waals surface area contributed by atoms with Crippen molar-refractivity contribution in [1.29, 1.82) is 0 Å². The van der Waals surface area contributed by atoms with Gasteiger partial charge in [-0.15, -0.1) is 0 Å². The van der Waals surface area contributed by atoms with Gasteiger partial charge >= 0.3 is 0 Å². The number of aliphatic hydroxyl groups is 2. The molecule has 2 aliphatic rings. The fourth-order valence-electron chi connectivity index (χ4n) is 6.61. The number of aliphatic hydroxyl groups excluding tert-OH is 1. The molecule has 0 aromatic heterocycles. The number of rotatable bonds is 9. The van der Waals surface area contributed by atoms with Gasteiger partial charge in [0.1, 0.15) is 0 Å². The van der Waals surface area contributed by atoms with E-state index in [1.807, 2.05) is 13.8 Å². The minimum absolute atomic E-state index is 0.141. The molecule has 0 aromatic carbocycles. The normalized spacial score (nSPS) is 32.7. The molecule has 30 heavy (non-hydrogen) atoms. The van der Waals surface area contributed by atoms with Crippen LogP contribution in [0.5, 0.6) is 0 Å². The maximum absolute atomic E-state index is 10.2. The Morgan fingerprint density at radius 1 is 0.967 bits per heavy atom. The van der Waals surface area contributed by atoms with E-state index in [-0.39, 0.29) is 17.1 Å². The van der Waals surface area contributed by atoms with Gasteiger partial charge in [-0.25, -0.2) is 0 Å². The zero-order valence-corrected chi connectivity index (χ0v) is 22.6. The molecule has 2 aliphatic carbocycles. The first-order chi connectivity index (χ1) is 13.6. The lowest BCUT2D eigenvalue weighted by molar-refractivity contribution is -0.0511. The monoisotopic (exact) mass is 440 g/mol. The predicted octanol–water partition coefficient (Wildman–Crippen LogP) is 6.92. The van der Waals surface area contributed by atoms with Crippen LogP contribution in [0.25, 0.3) is 0 Å². The van der Waals surface area contributed by atoms with Crippen LogP contribution in [0.4, 0.5) is 0 Å². The molecular weight excluding hydrogens is 388 g/mol. The van der Waals surface area contributed by atoms with E-state index in [4.69, 9.17) is 4.43 Å². The number of hydrogen-bond donors (Lipinski definition) is 2. The van der Waals surface area contributed by atoms with E-state index >= 15 is 0 Å². The smallest absolute Gasteiger partial charge is 0.192 e. The van der Waals surface area contributed by atoms with Gasteiger partial charge in [0.2, 0.25) is 0 Å². The first-order valence-electron chi connectivity index (χ1n) is 12.6. The molecule has 1 unspecified atom stereocenters. The van der Waals surface area contributed by atoms with Gasteiger partial charge < -0.3 is 14.6 Å². The van der Waals surface area contributed by atoms with E-state index in [0.29, 0.717) is 23.4 Å². The van der Waals surface area contributed by atoms with Gasteiger partial charge in [0.25, 0.3) is 0 Å². The van der Waals surface area contributed by atoms with Crippen LogP contribution in [0.15, 0.2) is 0 Å². The second-order valence-corrected chi connectivity index (χ2v) is 18.1. The van der Waals surface area contributed by atoms with Crippen molar-refractivity contribution in [2.24, 2.45) is 22.7 Å². The van der Waals surface area contributed by atoms with Gasteiger partial charge in [-0.1, -0.05) is 47.5 Å². The quantitative estimate of drug-likeness (QED) is 0.382. The van der Waals surface area contributed by atoms with Crippen molar-refractivity contribution in [1.82, 2.24) is 0 Å². The van der Waals surface area contributed by atoms with Crippen molar-refractivity contribution in [3.8, 4) is 0 Å². The summed E-state index contributed by atoms with van der Waals surface area (Å²) in [6.45, 7) is 20.9. The minimum Gasteiger partial charge on any atom is -0.414 e. The molecule has 0 aliphatic heterocycles. The Morgan fingerprint density at radius 3 is 2.13 bits per heavy atom. The van der Waals surface area contributed by atoms with Gasteiger partial charge in [0, 0.05) is 12.7 Å². The molecule has 0 bridgehead atoms. The molecule has 0 heterocycles. The highest BCUT2D eigenvalue weighted by atomic mass is 28.4. The van der Waals surface area contributed by atoms with Gasteiger partial charge in [-0.2, -0.15) is 0 Å². The maximum atomic E-state index is 10.2. The lowest BCUT2D eigenvalue weighted by Gasteiger charge is -2.52. The Hall–Kier alpha value is 0.0969. The summed E-state index contributed by atoms with van der Waals surface area (Å²) in [4.78, 5) is 0. The fraction of sp³-hybridized carbons (Fsp3) is 1.00. The van der Waals surface area contributed by atoms with Gasteiger partial charge in [0.05, 0.1) is 5.60 Å². The Kier molecular flexibility index (Phi) is 8.04. The van der Waals surface area contributed by atoms with E-state index in [9.17, 15) is 10.2 Å². The second-order valence-electron chi connectivity index (χ2n) is 13.3. The van der Waals surface area contributed by atoms with Crippen LogP contribution in [-0.2, 0) is 4.43 Å². The maximum Gasteiger partial charge on any atom is 0.192 e. The van der Waals surface area contributed by atoms with Crippen molar-refractivity contribution in [3.05, 3.63) is 0 Å². The Balaban J connectivity index is 2.21. The standard InChI is InChI=1S/C26H52O3Si/c1-23(2,3)30(8,9)29-21-12-10-17-26(7)20(21)13-14-22(26)25(6,18-19-27)16-11-15-24(4,5)28/h20-22,27-28H,10-19H2,1-9H3/t20?,21-,22+,25+,26-/m0/s1. The van der Waals surface area contributed by atoms with Crippen LogP contribution in [-0.4, -0.2) is 36.8 Å². The van der Waals surface area contributed by atoms with Crippen LogP contribution < -0.4 is 0 Å². The topological polar surface area (TPSA) is 49.7 Å². The Morgan fingerprint density at radius 2 is 1.60 bits per heavy atom. The summed E-state index contributed by atoms with van der Waals surface area (Å²) in [6, 6.07) is 0. The molecule has 0 saturated heterocycles. The Bertz CT molecular complexity index is 562. The number of fused-ring (bicyclic) bond motifs is 1. The number of hydrogen-bond acceptors (Lipinski definition) is 3. The Labute approximate surface area is 188 Å². The van der Waals surface area contributed by atoms with E-state index in [0.717, 1.165) is 25.7 Å². The van der Waals surface area contributed by atoms with E-state index < -0.39 is 13.9 Å². The largest absolute Gasteiger partial charge is 0.414 e. The summed E-state index contributed by atoms with van der Waals surface area (Å²) in [5.41, 5.74) is -0.151. The highest BCUT2D eigenvalue weighted by Crippen LogP contribution is 2.63. The van der Waals surface area contributed by atoms with Crippen molar-refractivity contribution >= 4 is 8.32 Å². The molecule has 3 nitrogen and oxygen atoms in total. The molecule has 178 valence electrons. The van der Waals surface area contributed by atoms with Crippen LogP contribution in [0.1, 0.15) is 106 Å². The first-order valence-corrected chi connectivity index (χ1v) is 15.5. The zero-order chi connectivity index (χ0) is 23.0. The molecule has 2 saturated carbocycles. The third-order valence-corrected chi connectivity index (χ3v) is 13.9. The molecule has 0 spiro atoms. The molecule has 2 N–H and O–H groups in total. The van der Waals surface area contributed by atoms with Gasteiger partial charge in [-0.05, 0) is 99.6 Å². The van der Waals surface area contributed by atoms with Crippen LogP contribution in [0, 0.1) is 22.7 Å². The first kappa shape index (κ1) is 26.4. The molecule has 0 radical (unpaired) electrons. The fourth-order valence-corrected chi connectivity index (χ4v) is 8.01. The van der Waals surface area contributed by atoms with Crippen molar-refractivity contribution in [2.45, 2.75) is 136 Å². The van der Waals surface area contributed by atoms with E-state index in [1.165, 1.54) is 32.1 Å². The summed E-state index contributed by atoms with van der Waals surface area (Å²) in [6.07, 6.45) is 10.6. The van der Waals surface area contributed by atoms with E-state index in [1.54, 1.807) is 0 Å². The highest BCUT2D eigenvalue weighted by molar-refractivity contribution is 6.74. The van der Waals surface area contributed by atoms with E-state index in [2.05, 4.69) is 47.7 Å². The molecule has 5 atom stereocenters. The van der Waals surface area contributed by atoms with Gasteiger partial charge in [0.15, 0.2) is 8.32 Å². The molecular formula is C26H52O3Si. The highest BCUT2D eigenvalue weighted by Gasteiger charge is 2.57. The summed E-state index contributed by atoms with van der Waals surface area (Å²) >= 11 is 0. The molecule has 2 rings (SSSR count). The second kappa shape index (κ2) is 9.15. The third-order valence-electron chi connectivity index (χ3n) is 9.38. The summed E-state index contributed by atoms with van der Waals surface area (Å²) in [5, 5.41) is 20.4. The minimum atomic E-state index is -1.78.